The molecule has 1 fully saturated rings. The van der Waals surface area contributed by atoms with E-state index in [0.29, 0.717) is 18.7 Å². The summed E-state index contributed by atoms with van der Waals surface area (Å²) in [5, 5.41) is 9.32. The lowest BCUT2D eigenvalue weighted by atomic mass is 10.2. The summed E-state index contributed by atoms with van der Waals surface area (Å²) < 4.78 is 32.9. The van der Waals surface area contributed by atoms with Gasteiger partial charge in [-0.25, -0.2) is 0 Å². The molecule has 0 saturated carbocycles. The molecule has 128 valence electrons. The molecule has 0 amide bonds. The zero-order chi connectivity index (χ0) is 16.9. The molecule has 0 aliphatic carbocycles. The number of esters is 1. The third kappa shape index (κ3) is 4.66. The molecule has 1 aliphatic heterocycles. The summed E-state index contributed by atoms with van der Waals surface area (Å²) in [5.41, 5.74) is 0.690. The minimum atomic E-state index is -3.72. The minimum absolute atomic E-state index is 0.0535. The predicted octanol–water partition coefficient (Wildman–Crippen LogP) is 1.10. The zero-order valence-corrected chi connectivity index (χ0v) is 14.0. The Kier molecular flexibility index (Phi) is 5.97. The second-order valence-corrected chi connectivity index (χ2v) is 7.28. The third-order valence-electron chi connectivity index (χ3n) is 3.62. The van der Waals surface area contributed by atoms with Crippen molar-refractivity contribution in [1.82, 2.24) is 8.61 Å². The summed E-state index contributed by atoms with van der Waals surface area (Å²) in [6.45, 7) is 2.55. The van der Waals surface area contributed by atoms with Gasteiger partial charge in [0.2, 0.25) is 0 Å². The average Bonchev–Trinajstić information content (AvgIpc) is 3.04. The molecule has 1 aromatic rings. The van der Waals surface area contributed by atoms with Crippen molar-refractivity contribution >= 4 is 16.2 Å². The number of aromatic hydroxyl groups is 1. The lowest BCUT2D eigenvalue weighted by molar-refractivity contribution is -0.143. The molecule has 0 unspecified atom stereocenters. The van der Waals surface area contributed by atoms with E-state index >= 15 is 0 Å². The fourth-order valence-electron chi connectivity index (χ4n) is 2.46. The molecular formula is C15H22N2O5S. The topological polar surface area (TPSA) is 87.1 Å². The Bertz CT molecular complexity index is 624. The number of hydrogen-bond donors (Lipinski definition) is 1. The Balaban J connectivity index is 2.19. The van der Waals surface area contributed by atoms with Crippen molar-refractivity contribution in [2.24, 2.45) is 0 Å². The molecule has 23 heavy (non-hydrogen) atoms. The first kappa shape index (κ1) is 17.7. The highest BCUT2D eigenvalue weighted by molar-refractivity contribution is 7.86. The summed E-state index contributed by atoms with van der Waals surface area (Å²) in [6, 6.07) is 6.24. The number of carbonyl (C=O) groups is 1. The van der Waals surface area contributed by atoms with E-state index in [1.807, 2.05) is 0 Å². The molecule has 1 N–H and O–H groups in total. The van der Waals surface area contributed by atoms with Gasteiger partial charge in [0.25, 0.3) is 10.2 Å². The molecule has 0 bridgehead atoms. The molecule has 0 radical (unpaired) electrons. The number of nitrogens with zero attached hydrogens (tertiary/aromatic N) is 2. The van der Waals surface area contributed by atoms with E-state index < -0.39 is 16.2 Å². The molecule has 7 nitrogen and oxygen atoms in total. The number of phenols is 1. The smallest absolute Gasteiger partial charge is 0.321 e. The Hall–Kier alpha value is -1.64. The van der Waals surface area contributed by atoms with Crippen LogP contribution in [-0.4, -0.2) is 54.3 Å². The van der Waals surface area contributed by atoms with Crippen molar-refractivity contribution in [1.29, 1.82) is 0 Å². The highest BCUT2D eigenvalue weighted by Gasteiger charge is 2.33. The second-order valence-electron chi connectivity index (χ2n) is 5.35. The van der Waals surface area contributed by atoms with Crippen LogP contribution < -0.4 is 0 Å². The monoisotopic (exact) mass is 342 g/mol. The van der Waals surface area contributed by atoms with Gasteiger partial charge in [0, 0.05) is 19.6 Å². The van der Waals surface area contributed by atoms with Crippen LogP contribution in [0.3, 0.4) is 0 Å². The van der Waals surface area contributed by atoms with Crippen LogP contribution in [0.25, 0.3) is 0 Å². The van der Waals surface area contributed by atoms with Crippen molar-refractivity contribution in [3.63, 3.8) is 0 Å². The summed E-state index contributed by atoms with van der Waals surface area (Å²) in [6.07, 6.45) is 1.65. The standard InChI is InChI=1S/C15H22N2O5S/c1-2-22-15(19)12-17(11-13-5-7-14(18)8-6-13)23(20,21)16-9-3-4-10-16/h5-8,18H,2-4,9-12H2,1H3. The highest BCUT2D eigenvalue weighted by atomic mass is 32.2. The van der Waals surface area contributed by atoms with E-state index in [9.17, 15) is 18.3 Å². The second kappa shape index (κ2) is 7.76. The third-order valence-corrected chi connectivity index (χ3v) is 5.55. The van der Waals surface area contributed by atoms with Gasteiger partial charge in [0.05, 0.1) is 6.61 Å². The van der Waals surface area contributed by atoms with Crippen LogP contribution in [0.15, 0.2) is 24.3 Å². The molecule has 1 aromatic carbocycles. The van der Waals surface area contributed by atoms with Crippen LogP contribution in [0.1, 0.15) is 25.3 Å². The number of phenolic OH excluding ortho intramolecular Hbond substituents is 1. The van der Waals surface area contributed by atoms with Gasteiger partial charge in [-0.05, 0) is 37.5 Å². The number of carbonyl (C=O) groups excluding carboxylic acids is 1. The van der Waals surface area contributed by atoms with Crippen molar-refractivity contribution in [3.05, 3.63) is 29.8 Å². The Morgan fingerprint density at radius 1 is 1.26 bits per heavy atom. The maximum absolute atomic E-state index is 12.7. The Labute approximate surface area is 136 Å². The van der Waals surface area contributed by atoms with E-state index in [-0.39, 0.29) is 25.4 Å². The molecule has 1 aliphatic rings. The Morgan fingerprint density at radius 2 is 1.87 bits per heavy atom. The average molecular weight is 342 g/mol. The molecule has 0 aromatic heterocycles. The van der Waals surface area contributed by atoms with Crippen molar-refractivity contribution < 1.29 is 23.1 Å². The lowest BCUT2D eigenvalue weighted by Crippen LogP contribution is -2.44. The molecule has 0 spiro atoms. The van der Waals surface area contributed by atoms with Crippen LogP contribution >= 0.6 is 0 Å². The van der Waals surface area contributed by atoms with Crippen LogP contribution in [0, 0.1) is 0 Å². The van der Waals surface area contributed by atoms with Gasteiger partial charge < -0.3 is 9.84 Å². The molecular weight excluding hydrogens is 320 g/mol. The molecule has 1 heterocycles. The summed E-state index contributed by atoms with van der Waals surface area (Å²) in [7, 11) is -3.72. The van der Waals surface area contributed by atoms with Gasteiger partial charge in [-0.3, -0.25) is 4.79 Å². The fraction of sp³-hybridized carbons (Fsp3) is 0.533. The maximum atomic E-state index is 12.7. The van der Waals surface area contributed by atoms with Crippen LogP contribution in [0.4, 0.5) is 0 Å². The van der Waals surface area contributed by atoms with Gasteiger partial charge >= 0.3 is 5.97 Å². The molecule has 1 saturated heterocycles. The van der Waals surface area contributed by atoms with E-state index in [1.54, 1.807) is 19.1 Å². The van der Waals surface area contributed by atoms with Crippen LogP contribution in [0.2, 0.25) is 0 Å². The van der Waals surface area contributed by atoms with E-state index in [1.165, 1.54) is 16.4 Å². The summed E-state index contributed by atoms with van der Waals surface area (Å²) >= 11 is 0. The van der Waals surface area contributed by atoms with E-state index in [0.717, 1.165) is 17.1 Å². The SMILES string of the molecule is CCOC(=O)CN(Cc1ccc(O)cc1)S(=O)(=O)N1CCCC1. The van der Waals surface area contributed by atoms with E-state index in [4.69, 9.17) is 4.74 Å². The summed E-state index contributed by atoms with van der Waals surface area (Å²) in [5.74, 6) is -0.470. The predicted molar refractivity (Wildman–Crippen MR) is 84.9 cm³/mol. The van der Waals surface area contributed by atoms with Crippen molar-refractivity contribution in [3.8, 4) is 5.75 Å². The van der Waals surface area contributed by atoms with Gasteiger partial charge in [-0.15, -0.1) is 0 Å². The quantitative estimate of drug-likeness (QED) is 0.750. The first-order valence-corrected chi connectivity index (χ1v) is 9.02. The maximum Gasteiger partial charge on any atom is 0.321 e. The van der Waals surface area contributed by atoms with Gasteiger partial charge in [0.1, 0.15) is 12.3 Å². The number of rotatable bonds is 7. The minimum Gasteiger partial charge on any atom is -0.508 e. The van der Waals surface area contributed by atoms with Crippen LogP contribution in [-0.2, 0) is 26.3 Å². The zero-order valence-electron chi connectivity index (χ0n) is 13.1. The van der Waals surface area contributed by atoms with Crippen molar-refractivity contribution in [2.75, 3.05) is 26.2 Å². The normalized spacial score (nSPS) is 15.9. The van der Waals surface area contributed by atoms with Crippen molar-refractivity contribution in [2.45, 2.75) is 26.3 Å². The fourth-order valence-corrected chi connectivity index (χ4v) is 4.08. The van der Waals surface area contributed by atoms with Gasteiger partial charge in [0.15, 0.2) is 0 Å². The number of hydrogen-bond acceptors (Lipinski definition) is 5. The molecule has 2 rings (SSSR count). The van der Waals surface area contributed by atoms with Gasteiger partial charge in [-0.2, -0.15) is 17.0 Å². The van der Waals surface area contributed by atoms with Gasteiger partial charge in [-0.1, -0.05) is 12.1 Å². The number of benzene rings is 1. The number of ether oxygens (including phenoxy) is 1. The first-order chi connectivity index (χ1) is 10.9. The lowest BCUT2D eigenvalue weighted by Gasteiger charge is -2.26. The molecule has 8 heteroatoms. The first-order valence-electron chi connectivity index (χ1n) is 7.62. The molecule has 0 atom stereocenters. The van der Waals surface area contributed by atoms with E-state index in [2.05, 4.69) is 0 Å². The Morgan fingerprint density at radius 3 is 2.43 bits per heavy atom. The largest absolute Gasteiger partial charge is 0.508 e. The summed E-state index contributed by atoms with van der Waals surface area (Å²) in [4.78, 5) is 11.8. The highest BCUT2D eigenvalue weighted by Crippen LogP contribution is 2.20. The van der Waals surface area contributed by atoms with Crippen LogP contribution in [0.5, 0.6) is 5.75 Å².